The van der Waals surface area contributed by atoms with Gasteiger partial charge in [-0.15, -0.1) is 11.8 Å². The Bertz CT molecular complexity index is 821. The number of nitrogens with zero attached hydrogens (tertiary/aromatic N) is 1. The molecule has 0 fully saturated rings. The number of aromatic nitrogens is 1. The van der Waals surface area contributed by atoms with Gasteiger partial charge in [0.15, 0.2) is 0 Å². The summed E-state index contributed by atoms with van der Waals surface area (Å²) in [5.74, 6) is 1.76. The van der Waals surface area contributed by atoms with Gasteiger partial charge in [0, 0.05) is 35.6 Å². The van der Waals surface area contributed by atoms with Crippen LogP contribution in [0, 0.1) is 0 Å². The average molecular weight is 324 g/mol. The van der Waals surface area contributed by atoms with Crippen LogP contribution in [-0.4, -0.2) is 11.7 Å². The van der Waals surface area contributed by atoms with E-state index >= 15 is 0 Å². The Morgan fingerprint density at radius 3 is 2.70 bits per heavy atom. The molecule has 3 rings (SSSR count). The lowest BCUT2D eigenvalue weighted by molar-refractivity contribution is 0.414. The van der Waals surface area contributed by atoms with Crippen LogP contribution in [0.1, 0.15) is 5.56 Å². The number of aryl methyl sites for hydroxylation is 1. The van der Waals surface area contributed by atoms with E-state index in [1.165, 1.54) is 16.5 Å². The molecule has 0 saturated carbocycles. The van der Waals surface area contributed by atoms with Gasteiger partial charge >= 0.3 is 0 Å². The standard InChI is InChI=1S/C19H20N2OS/c1-14(23-13-15-4-7-18(22-3)8-5-15)20-17-6-9-19-16(12-17)10-11-21(19)2/h4-12,20H,1,13H2,2-3H3. The van der Waals surface area contributed by atoms with Gasteiger partial charge in [0.2, 0.25) is 0 Å². The Balaban J connectivity index is 1.59. The zero-order chi connectivity index (χ0) is 16.2. The SMILES string of the molecule is C=C(Nc1ccc2c(ccn2C)c1)SCc1ccc(OC)cc1. The smallest absolute Gasteiger partial charge is 0.118 e. The van der Waals surface area contributed by atoms with E-state index in [2.05, 4.69) is 66.1 Å². The summed E-state index contributed by atoms with van der Waals surface area (Å²) in [5, 5.41) is 5.54. The molecular weight excluding hydrogens is 304 g/mol. The Kier molecular flexibility index (Phi) is 4.63. The molecule has 118 valence electrons. The summed E-state index contributed by atoms with van der Waals surface area (Å²) in [6.45, 7) is 4.11. The van der Waals surface area contributed by atoms with Crippen molar-refractivity contribution in [1.29, 1.82) is 0 Å². The molecule has 1 heterocycles. The highest BCUT2D eigenvalue weighted by Crippen LogP contribution is 2.25. The van der Waals surface area contributed by atoms with Gasteiger partial charge in [-0.25, -0.2) is 0 Å². The molecule has 0 aliphatic carbocycles. The third-order valence-electron chi connectivity index (χ3n) is 3.74. The third kappa shape index (κ3) is 3.71. The van der Waals surface area contributed by atoms with Gasteiger partial charge in [0.1, 0.15) is 5.75 Å². The second kappa shape index (κ2) is 6.84. The summed E-state index contributed by atoms with van der Waals surface area (Å²) in [5.41, 5.74) is 3.54. The maximum absolute atomic E-state index is 5.17. The van der Waals surface area contributed by atoms with Crippen LogP contribution in [0.4, 0.5) is 5.69 Å². The number of methoxy groups -OCH3 is 1. The van der Waals surface area contributed by atoms with Gasteiger partial charge in [-0.3, -0.25) is 0 Å². The quantitative estimate of drug-likeness (QED) is 0.691. The first-order valence-corrected chi connectivity index (χ1v) is 8.41. The third-order valence-corrected chi connectivity index (χ3v) is 4.67. The van der Waals surface area contributed by atoms with Crippen LogP contribution in [-0.2, 0) is 12.8 Å². The minimum atomic E-state index is 0.878. The van der Waals surface area contributed by atoms with Crippen molar-refractivity contribution in [2.75, 3.05) is 12.4 Å². The van der Waals surface area contributed by atoms with E-state index in [0.717, 1.165) is 22.2 Å². The molecule has 2 aromatic carbocycles. The van der Waals surface area contributed by atoms with Crippen LogP contribution in [0.25, 0.3) is 10.9 Å². The Hall–Kier alpha value is -2.33. The lowest BCUT2D eigenvalue weighted by Gasteiger charge is -2.10. The molecule has 0 atom stereocenters. The van der Waals surface area contributed by atoms with Crippen molar-refractivity contribution in [2.24, 2.45) is 7.05 Å². The van der Waals surface area contributed by atoms with Gasteiger partial charge < -0.3 is 14.6 Å². The molecule has 23 heavy (non-hydrogen) atoms. The number of anilines is 1. The number of rotatable bonds is 6. The lowest BCUT2D eigenvalue weighted by Crippen LogP contribution is -1.95. The highest BCUT2D eigenvalue weighted by Gasteiger charge is 2.02. The molecule has 4 heteroatoms. The topological polar surface area (TPSA) is 26.2 Å². The molecule has 0 spiro atoms. The van der Waals surface area contributed by atoms with Crippen LogP contribution in [0.3, 0.4) is 0 Å². The van der Waals surface area contributed by atoms with E-state index in [4.69, 9.17) is 4.74 Å². The molecule has 0 radical (unpaired) electrons. The number of hydrogen-bond acceptors (Lipinski definition) is 3. The second-order valence-corrected chi connectivity index (χ2v) is 6.46. The lowest BCUT2D eigenvalue weighted by atomic mass is 10.2. The fourth-order valence-corrected chi connectivity index (χ4v) is 3.17. The molecule has 0 unspecified atom stereocenters. The highest BCUT2D eigenvalue weighted by molar-refractivity contribution is 8.02. The summed E-state index contributed by atoms with van der Waals surface area (Å²) in [7, 11) is 3.73. The second-order valence-electron chi connectivity index (χ2n) is 5.39. The number of nitrogens with one attached hydrogen (secondary N) is 1. The molecule has 0 saturated heterocycles. The van der Waals surface area contributed by atoms with Crippen LogP contribution in [0.2, 0.25) is 0 Å². The van der Waals surface area contributed by atoms with Crippen molar-refractivity contribution in [1.82, 2.24) is 4.57 Å². The van der Waals surface area contributed by atoms with Gasteiger partial charge in [-0.2, -0.15) is 0 Å². The van der Waals surface area contributed by atoms with E-state index < -0.39 is 0 Å². The maximum Gasteiger partial charge on any atom is 0.118 e. The van der Waals surface area contributed by atoms with E-state index in [0.29, 0.717) is 0 Å². The summed E-state index contributed by atoms with van der Waals surface area (Å²) >= 11 is 1.70. The van der Waals surface area contributed by atoms with Crippen LogP contribution in [0.5, 0.6) is 5.75 Å². The summed E-state index contributed by atoms with van der Waals surface area (Å²) < 4.78 is 7.29. The molecule has 0 bridgehead atoms. The molecule has 0 aliphatic rings. The zero-order valence-corrected chi connectivity index (χ0v) is 14.2. The van der Waals surface area contributed by atoms with E-state index in [1.54, 1.807) is 18.9 Å². The van der Waals surface area contributed by atoms with Crippen molar-refractivity contribution in [3.05, 3.63) is 71.9 Å². The minimum absolute atomic E-state index is 0.878. The summed E-state index contributed by atoms with van der Waals surface area (Å²) in [6.07, 6.45) is 2.07. The molecule has 1 N–H and O–H groups in total. The van der Waals surface area contributed by atoms with Crippen molar-refractivity contribution in [3.8, 4) is 5.75 Å². The van der Waals surface area contributed by atoms with Gasteiger partial charge in [0.25, 0.3) is 0 Å². The Labute approximate surface area is 141 Å². The van der Waals surface area contributed by atoms with Crippen LogP contribution < -0.4 is 10.1 Å². The predicted molar refractivity (Wildman–Crippen MR) is 100.0 cm³/mol. The molecule has 0 amide bonds. The van der Waals surface area contributed by atoms with E-state index in [-0.39, 0.29) is 0 Å². The Morgan fingerprint density at radius 1 is 1.17 bits per heavy atom. The monoisotopic (exact) mass is 324 g/mol. The highest BCUT2D eigenvalue weighted by atomic mass is 32.2. The van der Waals surface area contributed by atoms with Crippen molar-refractivity contribution in [3.63, 3.8) is 0 Å². The van der Waals surface area contributed by atoms with Gasteiger partial charge in [-0.1, -0.05) is 18.7 Å². The minimum Gasteiger partial charge on any atom is -0.497 e. The number of thioether (sulfide) groups is 1. The summed E-state index contributed by atoms with van der Waals surface area (Å²) in [4.78, 5) is 0. The van der Waals surface area contributed by atoms with Crippen molar-refractivity contribution < 1.29 is 4.74 Å². The maximum atomic E-state index is 5.17. The number of ether oxygens (including phenoxy) is 1. The number of fused-ring (bicyclic) bond motifs is 1. The Morgan fingerprint density at radius 2 is 1.96 bits per heavy atom. The molecule has 3 nitrogen and oxygen atoms in total. The fourth-order valence-electron chi connectivity index (χ4n) is 2.45. The fraction of sp³-hybridized carbons (Fsp3) is 0.158. The first kappa shape index (κ1) is 15.6. The molecular formula is C19H20N2OS. The molecule has 3 aromatic rings. The van der Waals surface area contributed by atoms with Crippen LogP contribution in [0.15, 0.2) is 66.3 Å². The number of benzene rings is 2. The first-order valence-electron chi connectivity index (χ1n) is 7.42. The zero-order valence-electron chi connectivity index (χ0n) is 13.4. The largest absolute Gasteiger partial charge is 0.497 e. The average Bonchev–Trinajstić information content (AvgIpc) is 2.94. The van der Waals surface area contributed by atoms with E-state index in [1.807, 2.05) is 12.1 Å². The van der Waals surface area contributed by atoms with Crippen molar-refractivity contribution >= 4 is 28.4 Å². The normalized spacial score (nSPS) is 10.7. The van der Waals surface area contributed by atoms with Crippen molar-refractivity contribution in [2.45, 2.75) is 5.75 Å². The first-order chi connectivity index (χ1) is 11.2. The summed E-state index contributed by atoms with van der Waals surface area (Å²) in [6, 6.07) is 16.6. The molecule has 1 aromatic heterocycles. The van der Waals surface area contributed by atoms with Crippen LogP contribution >= 0.6 is 11.8 Å². The van der Waals surface area contributed by atoms with Gasteiger partial charge in [-0.05, 0) is 42.0 Å². The van der Waals surface area contributed by atoms with E-state index in [9.17, 15) is 0 Å². The predicted octanol–water partition coefficient (Wildman–Crippen LogP) is 5.00. The number of hydrogen-bond donors (Lipinski definition) is 1. The molecule has 0 aliphatic heterocycles. The van der Waals surface area contributed by atoms with Gasteiger partial charge in [0.05, 0.1) is 12.1 Å².